The molecule has 5 nitrogen and oxygen atoms in total. The van der Waals surface area contributed by atoms with Gasteiger partial charge < -0.3 is 4.74 Å². The number of methoxy groups -OCH3 is 1. The van der Waals surface area contributed by atoms with Gasteiger partial charge in [0.05, 0.1) is 12.8 Å². The van der Waals surface area contributed by atoms with Gasteiger partial charge in [0, 0.05) is 5.69 Å². The molecule has 6 heteroatoms. The molecular weight excluding hydrogens is 240 g/mol. The molecule has 2 heterocycles. The van der Waals surface area contributed by atoms with Crippen LogP contribution in [0.1, 0.15) is 24.7 Å². The van der Waals surface area contributed by atoms with Crippen LogP contribution in [-0.4, -0.2) is 27.1 Å². The van der Waals surface area contributed by atoms with Crippen LogP contribution < -0.4 is 4.74 Å². The maximum atomic E-state index is 6.06. The second-order valence-electron chi connectivity index (χ2n) is 3.83. The predicted octanol–water partition coefficient (Wildman–Crippen LogP) is 2.52. The van der Waals surface area contributed by atoms with E-state index in [0.29, 0.717) is 16.7 Å². The number of H-pyrrole nitrogens is 1. The van der Waals surface area contributed by atoms with Crippen molar-refractivity contribution < 1.29 is 4.74 Å². The molecule has 0 saturated carbocycles. The smallest absolute Gasteiger partial charge is 0.260 e. The number of hydrogen-bond acceptors (Lipinski definition) is 3. The van der Waals surface area contributed by atoms with Crippen molar-refractivity contribution in [2.45, 2.75) is 26.7 Å². The predicted molar refractivity (Wildman–Crippen MR) is 66.0 cm³/mol. The minimum Gasteiger partial charge on any atom is -0.478 e. The molecule has 1 N–H and O–H groups in total. The largest absolute Gasteiger partial charge is 0.478 e. The van der Waals surface area contributed by atoms with Gasteiger partial charge in [0.1, 0.15) is 0 Å². The summed E-state index contributed by atoms with van der Waals surface area (Å²) in [7, 11) is 1.56. The number of aryl methyl sites for hydroxylation is 2. The molecule has 0 bridgehead atoms. The molecule has 2 aromatic heterocycles. The van der Waals surface area contributed by atoms with Crippen molar-refractivity contribution in [2.24, 2.45) is 0 Å². The van der Waals surface area contributed by atoms with E-state index in [1.807, 2.05) is 13.0 Å². The average molecular weight is 255 g/mol. The van der Waals surface area contributed by atoms with E-state index in [-0.39, 0.29) is 0 Å². The number of aromatic nitrogens is 4. The zero-order valence-electron chi connectivity index (χ0n) is 10.1. The molecular formula is C11H15ClN4O. The van der Waals surface area contributed by atoms with Gasteiger partial charge in [0.2, 0.25) is 0 Å². The van der Waals surface area contributed by atoms with Crippen LogP contribution in [0.2, 0.25) is 5.15 Å². The summed E-state index contributed by atoms with van der Waals surface area (Å²) in [6.45, 7) is 4.11. The highest BCUT2D eigenvalue weighted by Gasteiger charge is 2.17. The Morgan fingerprint density at radius 3 is 2.94 bits per heavy atom. The maximum Gasteiger partial charge on any atom is 0.260 e. The van der Waals surface area contributed by atoms with E-state index in [1.54, 1.807) is 11.8 Å². The molecule has 0 fully saturated rings. The third kappa shape index (κ3) is 2.15. The summed E-state index contributed by atoms with van der Waals surface area (Å²) in [6, 6.07) is 2.05. The Hall–Kier alpha value is -1.49. The third-order valence-electron chi connectivity index (χ3n) is 2.52. The SMILES string of the molecule is CCCc1cc(C)n(-c2c(OC)n[nH]c2Cl)n1. The number of hydrogen-bond donors (Lipinski definition) is 1. The third-order valence-corrected chi connectivity index (χ3v) is 2.78. The number of halogens is 1. The lowest BCUT2D eigenvalue weighted by Crippen LogP contribution is -2.01. The summed E-state index contributed by atoms with van der Waals surface area (Å²) in [5, 5.41) is 11.6. The minimum absolute atomic E-state index is 0.427. The van der Waals surface area contributed by atoms with E-state index >= 15 is 0 Å². The standard InChI is InChI=1S/C11H15ClN4O/c1-4-5-8-6-7(2)16(15-8)9-10(12)13-14-11(9)17-3/h6H,4-5H2,1-3H3,(H,13,14). The molecule has 0 aliphatic carbocycles. The van der Waals surface area contributed by atoms with Crippen LogP contribution in [0.3, 0.4) is 0 Å². The van der Waals surface area contributed by atoms with E-state index in [0.717, 1.165) is 24.2 Å². The van der Waals surface area contributed by atoms with Crippen molar-refractivity contribution in [3.63, 3.8) is 0 Å². The number of aromatic amines is 1. The molecule has 92 valence electrons. The second-order valence-corrected chi connectivity index (χ2v) is 4.21. The molecule has 0 aliphatic rings. The molecule has 0 aliphatic heterocycles. The van der Waals surface area contributed by atoms with Gasteiger partial charge in [0.25, 0.3) is 5.88 Å². The first-order valence-corrected chi connectivity index (χ1v) is 5.89. The van der Waals surface area contributed by atoms with Crippen molar-refractivity contribution in [3.8, 4) is 11.6 Å². The van der Waals surface area contributed by atoms with Crippen LogP contribution >= 0.6 is 11.6 Å². The first kappa shape index (κ1) is 12.0. The molecule has 2 aromatic rings. The highest BCUT2D eigenvalue weighted by atomic mass is 35.5. The fourth-order valence-corrected chi connectivity index (χ4v) is 1.97. The van der Waals surface area contributed by atoms with Crippen molar-refractivity contribution in [1.82, 2.24) is 20.0 Å². The summed E-state index contributed by atoms with van der Waals surface area (Å²) in [5.41, 5.74) is 2.72. The first-order valence-electron chi connectivity index (χ1n) is 5.51. The van der Waals surface area contributed by atoms with Gasteiger partial charge in [0.15, 0.2) is 10.8 Å². The molecule has 0 spiro atoms. The van der Waals surface area contributed by atoms with E-state index in [9.17, 15) is 0 Å². The molecule has 0 amide bonds. The topological polar surface area (TPSA) is 55.7 Å². The van der Waals surface area contributed by atoms with Gasteiger partial charge in [-0.05, 0) is 19.4 Å². The van der Waals surface area contributed by atoms with Gasteiger partial charge in [-0.1, -0.05) is 24.9 Å². The fourth-order valence-electron chi connectivity index (χ4n) is 1.77. The summed E-state index contributed by atoms with van der Waals surface area (Å²) >= 11 is 6.06. The lowest BCUT2D eigenvalue weighted by molar-refractivity contribution is 0.394. The Bertz CT molecular complexity index is 518. The quantitative estimate of drug-likeness (QED) is 0.912. The first-order chi connectivity index (χ1) is 8.17. The van der Waals surface area contributed by atoms with Crippen LogP contribution in [0.25, 0.3) is 5.69 Å². The van der Waals surface area contributed by atoms with E-state index in [2.05, 4.69) is 22.2 Å². The van der Waals surface area contributed by atoms with Crippen LogP contribution in [-0.2, 0) is 6.42 Å². The second kappa shape index (κ2) is 4.79. The summed E-state index contributed by atoms with van der Waals surface area (Å²) in [6.07, 6.45) is 2.01. The van der Waals surface area contributed by atoms with Crippen LogP contribution in [0.4, 0.5) is 0 Å². The van der Waals surface area contributed by atoms with Crippen LogP contribution in [0.5, 0.6) is 5.88 Å². The molecule has 2 rings (SSSR count). The number of nitrogens with one attached hydrogen (secondary N) is 1. The van der Waals surface area contributed by atoms with Crippen molar-refractivity contribution in [3.05, 3.63) is 22.6 Å². The lowest BCUT2D eigenvalue weighted by atomic mass is 10.2. The number of ether oxygens (including phenoxy) is 1. The van der Waals surface area contributed by atoms with Crippen LogP contribution in [0.15, 0.2) is 6.07 Å². The van der Waals surface area contributed by atoms with Crippen molar-refractivity contribution >= 4 is 11.6 Å². The van der Waals surface area contributed by atoms with E-state index in [4.69, 9.17) is 16.3 Å². The summed E-state index contributed by atoms with van der Waals surface area (Å²) in [4.78, 5) is 0. The van der Waals surface area contributed by atoms with Crippen molar-refractivity contribution in [2.75, 3.05) is 7.11 Å². The van der Waals surface area contributed by atoms with E-state index in [1.165, 1.54) is 0 Å². The molecule has 0 unspecified atom stereocenters. The minimum atomic E-state index is 0.427. The van der Waals surface area contributed by atoms with Gasteiger partial charge in [-0.2, -0.15) is 5.10 Å². The molecule has 0 atom stereocenters. The molecule has 0 saturated heterocycles. The Morgan fingerprint density at radius 2 is 2.29 bits per heavy atom. The van der Waals surface area contributed by atoms with Gasteiger partial charge >= 0.3 is 0 Å². The summed E-state index contributed by atoms with van der Waals surface area (Å²) < 4.78 is 6.92. The maximum absolute atomic E-state index is 6.06. The Labute approximate surface area is 105 Å². The Kier molecular flexibility index (Phi) is 3.38. The average Bonchev–Trinajstić information content (AvgIpc) is 2.82. The normalized spacial score (nSPS) is 10.8. The molecule has 0 aromatic carbocycles. The molecule has 0 radical (unpaired) electrons. The highest BCUT2D eigenvalue weighted by molar-refractivity contribution is 6.31. The monoisotopic (exact) mass is 254 g/mol. The fraction of sp³-hybridized carbons (Fsp3) is 0.455. The van der Waals surface area contributed by atoms with Gasteiger partial charge in [-0.25, -0.2) is 4.68 Å². The Morgan fingerprint density at radius 1 is 1.53 bits per heavy atom. The van der Waals surface area contributed by atoms with Gasteiger partial charge in [-0.15, -0.1) is 5.10 Å². The zero-order chi connectivity index (χ0) is 12.4. The van der Waals surface area contributed by atoms with E-state index < -0.39 is 0 Å². The van der Waals surface area contributed by atoms with Crippen LogP contribution in [0, 0.1) is 6.92 Å². The van der Waals surface area contributed by atoms with Crippen molar-refractivity contribution in [1.29, 1.82) is 0 Å². The summed E-state index contributed by atoms with van der Waals surface area (Å²) in [5.74, 6) is 0.448. The highest BCUT2D eigenvalue weighted by Crippen LogP contribution is 2.28. The number of rotatable bonds is 4. The molecule has 17 heavy (non-hydrogen) atoms. The number of nitrogens with zero attached hydrogens (tertiary/aromatic N) is 3. The Balaban J connectivity index is 2.48. The zero-order valence-corrected chi connectivity index (χ0v) is 10.9. The lowest BCUT2D eigenvalue weighted by Gasteiger charge is -2.03. The van der Waals surface area contributed by atoms with Gasteiger partial charge in [-0.3, -0.25) is 5.10 Å².